The summed E-state index contributed by atoms with van der Waals surface area (Å²) in [6.07, 6.45) is 0.766. The van der Waals surface area contributed by atoms with Crippen molar-refractivity contribution in [3.05, 3.63) is 56.4 Å². The molecule has 2 rings (SSSR count). The van der Waals surface area contributed by atoms with Gasteiger partial charge in [0.15, 0.2) is 0 Å². The third-order valence-electron chi connectivity index (χ3n) is 2.67. The standard InChI is InChI=1S/C14H13BrFNOS/c1-9(6-10-4-5-19-8-10)17-14(18)12-7-11(16)2-3-13(12)15/h2-5,7-9H,6H2,1H3,(H,17,18). The van der Waals surface area contributed by atoms with E-state index in [2.05, 4.69) is 26.6 Å². The van der Waals surface area contributed by atoms with Crippen LogP contribution in [0.5, 0.6) is 0 Å². The molecule has 0 bridgehead atoms. The number of rotatable bonds is 4. The summed E-state index contributed by atoms with van der Waals surface area (Å²) < 4.78 is 13.7. The van der Waals surface area contributed by atoms with Gasteiger partial charge in [-0.25, -0.2) is 4.39 Å². The second-order valence-electron chi connectivity index (χ2n) is 4.33. The van der Waals surface area contributed by atoms with E-state index in [4.69, 9.17) is 0 Å². The van der Waals surface area contributed by atoms with Crippen LogP contribution in [0.1, 0.15) is 22.8 Å². The Hall–Kier alpha value is -1.20. The third kappa shape index (κ3) is 3.88. The van der Waals surface area contributed by atoms with Crippen molar-refractivity contribution in [3.8, 4) is 0 Å². The smallest absolute Gasteiger partial charge is 0.252 e. The normalized spacial score (nSPS) is 12.2. The molecular formula is C14H13BrFNOS. The molecule has 19 heavy (non-hydrogen) atoms. The Bertz CT molecular complexity index is 571. The van der Waals surface area contributed by atoms with Crippen molar-refractivity contribution in [2.24, 2.45) is 0 Å². The van der Waals surface area contributed by atoms with Gasteiger partial charge in [-0.15, -0.1) is 0 Å². The van der Waals surface area contributed by atoms with Gasteiger partial charge >= 0.3 is 0 Å². The minimum atomic E-state index is -0.418. The van der Waals surface area contributed by atoms with Crippen molar-refractivity contribution in [3.63, 3.8) is 0 Å². The number of hydrogen-bond donors (Lipinski definition) is 1. The quantitative estimate of drug-likeness (QED) is 0.894. The van der Waals surface area contributed by atoms with E-state index >= 15 is 0 Å². The van der Waals surface area contributed by atoms with Gasteiger partial charge in [-0.3, -0.25) is 4.79 Å². The minimum Gasteiger partial charge on any atom is -0.349 e. The summed E-state index contributed by atoms with van der Waals surface area (Å²) in [5.74, 6) is -0.687. The zero-order valence-corrected chi connectivity index (χ0v) is 12.7. The van der Waals surface area contributed by atoms with Crippen molar-refractivity contribution in [2.75, 3.05) is 0 Å². The number of nitrogens with one attached hydrogen (secondary N) is 1. The van der Waals surface area contributed by atoms with Gasteiger partial charge < -0.3 is 5.32 Å². The number of thiophene rings is 1. The summed E-state index contributed by atoms with van der Waals surface area (Å²) in [7, 11) is 0. The summed E-state index contributed by atoms with van der Waals surface area (Å²) in [5, 5.41) is 6.93. The van der Waals surface area contributed by atoms with Gasteiger partial charge in [0.25, 0.3) is 5.91 Å². The Morgan fingerprint density at radius 2 is 2.26 bits per heavy atom. The Morgan fingerprint density at radius 3 is 2.95 bits per heavy atom. The van der Waals surface area contributed by atoms with E-state index in [9.17, 15) is 9.18 Å². The summed E-state index contributed by atoms with van der Waals surface area (Å²) >= 11 is 4.89. The molecule has 2 nitrogen and oxygen atoms in total. The number of carbonyl (C=O) groups excluding carboxylic acids is 1. The fourth-order valence-electron chi connectivity index (χ4n) is 1.79. The second-order valence-corrected chi connectivity index (χ2v) is 5.97. The molecule has 1 aromatic heterocycles. The highest BCUT2D eigenvalue weighted by molar-refractivity contribution is 9.10. The minimum absolute atomic E-state index is 0.00253. The van der Waals surface area contributed by atoms with Crippen LogP contribution >= 0.6 is 27.3 Å². The molecule has 0 saturated carbocycles. The van der Waals surface area contributed by atoms with Gasteiger partial charge in [0.05, 0.1) is 5.56 Å². The number of carbonyl (C=O) groups is 1. The summed E-state index contributed by atoms with van der Waals surface area (Å²) in [6, 6.07) is 6.11. The summed E-state index contributed by atoms with van der Waals surface area (Å²) in [5.41, 5.74) is 1.51. The maximum absolute atomic E-state index is 13.2. The largest absolute Gasteiger partial charge is 0.349 e. The van der Waals surface area contributed by atoms with Crippen LogP contribution in [0, 0.1) is 5.82 Å². The molecule has 0 aliphatic rings. The molecule has 0 radical (unpaired) electrons. The van der Waals surface area contributed by atoms with Crippen LogP contribution in [0.3, 0.4) is 0 Å². The average Bonchev–Trinajstić information content (AvgIpc) is 2.84. The van der Waals surface area contributed by atoms with Crippen LogP contribution in [0.15, 0.2) is 39.5 Å². The first-order valence-electron chi connectivity index (χ1n) is 5.83. The Balaban J connectivity index is 2.02. The lowest BCUT2D eigenvalue weighted by Crippen LogP contribution is -2.34. The highest BCUT2D eigenvalue weighted by Crippen LogP contribution is 2.18. The maximum Gasteiger partial charge on any atom is 0.252 e. The van der Waals surface area contributed by atoms with E-state index in [1.54, 1.807) is 11.3 Å². The Morgan fingerprint density at radius 1 is 1.47 bits per heavy atom. The molecular weight excluding hydrogens is 329 g/mol. The van der Waals surface area contributed by atoms with E-state index in [-0.39, 0.29) is 11.9 Å². The SMILES string of the molecule is CC(Cc1ccsc1)NC(=O)c1cc(F)ccc1Br. The van der Waals surface area contributed by atoms with E-state index in [1.807, 2.05) is 18.4 Å². The fourth-order valence-corrected chi connectivity index (χ4v) is 2.89. The lowest BCUT2D eigenvalue weighted by molar-refractivity contribution is 0.0939. The predicted molar refractivity (Wildman–Crippen MR) is 79.1 cm³/mol. The van der Waals surface area contributed by atoms with Crippen molar-refractivity contribution in [1.29, 1.82) is 0 Å². The number of halogens is 2. The topological polar surface area (TPSA) is 29.1 Å². The lowest BCUT2D eigenvalue weighted by Gasteiger charge is -2.14. The highest BCUT2D eigenvalue weighted by atomic mass is 79.9. The van der Waals surface area contributed by atoms with Crippen LogP contribution < -0.4 is 5.32 Å². The summed E-state index contributed by atoms with van der Waals surface area (Å²) in [6.45, 7) is 1.93. The van der Waals surface area contributed by atoms with Crippen LogP contribution in [0.4, 0.5) is 4.39 Å². The molecule has 1 heterocycles. The maximum atomic E-state index is 13.2. The Labute approximate surface area is 123 Å². The molecule has 0 aliphatic heterocycles. The Kier molecular flexibility index (Phi) is 4.71. The van der Waals surface area contributed by atoms with Gasteiger partial charge in [0.1, 0.15) is 5.82 Å². The molecule has 1 unspecified atom stereocenters. The van der Waals surface area contributed by atoms with Crippen molar-refractivity contribution in [2.45, 2.75) is 19.4 Å². The number of hydrogen-bond acceptors (Lipinski definition) is 2. The summed E-state index contributed by atoms with van der Waals surface area (Å²) in [4.78, 5) is 12.1. The molecule has 5 heteroatoms. The molecule has 1 aromatic carbocycles. The first kappa shape index (κ1) is 14.2. The zero-order chi connectivity index (χ0) is 13.8. The number of benzene rings is 1. The van der Waals surface area contributed by atoms with Gasteiger partial charge in [0, 0.05) is 10.5 Å². The highest BCUT2D eigenvalue weighted by Gasteiger charge is 2.14. The fraction of sp³-hybridized carbons (Fsp3) is 0.214. The molecule has 1 N–H and O–H groups in total. The lowest BCUT2D eigenvalue weighted by atomic mass is 10.1. The molecule has 0 spiro atoms. The van der Waals surface area contributed by atoms with Crippen molar-refractivity contribution >= 4 is 33.2 Å². The zero-order valence-electron chi connectivity index (χ0n) is 10.3. The third-order valence-corrected chi connectivity index (χ3v) is 4.10. The van der Waals surface area contributed by atoms with Crippen LogP contribution in [0.25, 0.3) is 0 Å². The van der Waals surface area contributed by atoms with Crippen molar-refractivity contribution < 1.29 is 9.18 Å². The molecule has 0 saturated heterocycles. The molecule has 1 atom stereocenters. The molecule has 100 valence electrons. The van der Waals surface area contributed by atoms with Gasteiger partial charge in [-0.2, -0.15) is 11.3 Å². The predicted octanol–water partition coefficient (Wildman–Crippen LogP) is 4.01. The van der Waals surface area contributed by atoms with E-state index in [0.29, 0.717) is 10.0 Å². The molecule has 0 aliphatic carbocycles. The van der Waals surface area contributed by atoms with Gasteiger partial charge in [0.2, 0.25) is 0 Å². The average molecular weight is 342 g/mol. The van der Waals surface area contributed by atoms with Crippen LogP contribution in [-0.4, -0.2) is 11.9 Å². The van der Waals surface area contributed by atoms with Crippen molar-refractivity contribution in [1.82, 2.24) is 5.32 Å². The second kappa shape index (κ2) is 6.30. The first-order chi connectivity index (χ1) is 9.06. The van der Waals surface area contributed by atoms with Gasteiger partial charge in [-0.05, 0) is 69.9 Å². The molecule has 0 fully saturated rings. The molecule has 1 amide bonds. The van der Waals surface area contributed by atoms with E-state index in [1.165, 1.54) is 23.8 Å². The number of amides is 1. The van der Waals surface area contributed by atoms with Gasteiger partial charge in [-0.1, -0.05) is 0 Å². The molecule has 2 aromatic rings. The van der Waals surface area contributed by atoms with E-state index in [0.717, 1.165) is 6.42 Å². The van der Waals surface area contributed by atoms with E-state index < -0.39 is 5.82 Å². The van der Waals surface area contributed by atoms with Crippen LogP contribution in [0.2, 0.25) is 0 Å². The monoisotopic (exact) mass is 341 g/mol. The van der Waals surface area contributed by atoms with Crippen LogP contribution in [-0.2, 0) is 6.42 Å². The first-order valence-corrected chi connectivity index (χ1v) is 7.57.